The van der Waals surface area contributed by atoms with E-state index in [4.69, 9.17) is 23.2 Å². The normalized spacial score (nSPS) is 11.0. The highest BCUT2D eigenvalue weighted by atomic mass is 35.5. The zero-order valence-electron chi connectivity index (χ0n) is 15.9. The van der Waals surface area contributed by atoms with Crippen LogP contribution in [0.15, 0.2) is 35.7 Å². The average molecular weight is 493 g/mol. The Morgan fingerprint density at radius 1 is 1.16 bits per heavy atom. The van der Waals surface area contributed by atoms with Gasteiger partial charge in [-0.05, 0) is 25.1 Å². The maximum atomic E-state index is 12.8. The van der Waals surface area contributed by atoms with E-state index in [1.54, 1.807) is 23.6 Å². The number of nitro groups is 2. The predicted octanol–water partition coefficient (Wildman–Crippen LogP) is 5.14. The van der Waals surface area contributed by atoms with Crippen LogP contribution < -0.4 is 5.32 Å². The van der Waals surface area contributed by atoms with Crippen molar-refractivity contribution in [3.8, 4) is 11.3 Å². The van der Waals surface area contributed by atoms with Gasteiger partial charge in [0.05, 0.1) is 32.2 Å². The molecule has 0 atom stereocenters. The van der Waals surface area contributed by atoms with Crippen LogP contribution in [-0.2, 0) is 0 Å². The van der Waals surface area contributed by atoms with Crippen molar-refractivity contribution in [2.24, 2.45) is 0 Å². The first kappa shape index (κ1) is 21.6. The van der Waals surface area contributed by atoms with E-state index < -0.39 is 27.1 Å². The Hall–Kier alpha value is -3.61. The van der Waals surface area contributed by atoms with Gasteiger partial charge in [0.2, 0.25) is 4.96 Å². The largest absolute Gasteiger partial charge is 0.289 e. The van der Waals surface area contributed by atoms with Gasteiger partial charge in [-0.15, -0.1) is 16.4 Å². The van der Waals surface area contributed by atoms with Crippen LogP contribution in [0.25, 0.3) is 16.2 Å². The van der Waals surface area contributed by atoms with Gasteiger partial charge in [-0.2, -0.15) is 4.98 Å². The number of fused-ring (bicyclic) bond motifs is 1. The summed E-state index contributed by atoms with van der Waals surface area (Å²) in [6.45, 7) is 1.33. The van der Waals surface area contributed by atoms with Gasteiger partial charge in [0, 0.05) is 27.6 Å². The molecule has 0 aliphatic rings. The topological polar surface area (TPSA) is 146 Å². The first-order chi connectivity index (χ1) is 15.2. The molecule has 2 aromatic carbocycles. The molecule has 0 aliphatic carbocycles. The molecule has 11 nitrogen and oxygen atoms in total. The van der Waals surface area contributed by atoms with Crippen molar-refractivity contribution in [3.63, 3.8) is 0 Å². The lowest BCUT2D eigenvalue weighted by Crippen LogP contribution is -2.16. The molecular formula is C18H10Cl2N6O5S. The minimum absolute atomic E-state index is 0.0206. The van der Waals surface area contributed by atoms with Crippen molar-refractivity contribution in [1.29, 1.82) is 0 Å². The quantitative estimate of drug-likeness (QED) is 0.299. The zero-order chi connectivity index (χ0) is 23.2. The number of nitro benzene ring substituents is 2. The number of hydrogen-bond acceptors (Lipinski definition) is 8. The van der Waals surface area contributed by atoms with Crippen molar-refractivity contribution < 1.29 is 14.6 Å². The molecule has 0 aliphatic heterocycles. The summed E-state index contributed by atoms with van der Waals surface area (Å²) < 4.78 is 1.47. The van der Waals surface area contributed by atoms with Crippen molar-refractivity contribution >= 4 is 62.7 Å². The van der Waals surface area contributed by atoms with Crippen molar-refractivity contribution in [3.05, 3.63) is 77.1 Å². The molecule has 0 spiro atoms. The Balaban J connectivity index is 1.70. The van der Waals surface area contributed by atoms with Crippen LogP contribution in [0.4, 0.5) is 17.3 Å². The number of carbonyl (C=O) groups excluding carboxylic acids is 1. The lowest BCUT2D eigenvalue weighted by molar-refractivity contribution is -0.394. The molecule has 0 unspecified atom stereocenters. The number of rotatable bonds is 5. The van der Waals surface area contributed by atoms with Crippen LogP contribution in [0.5, 0.6) is 0 Å². The number of carbonyl (C=O) groups is 1. The highest BCUT2D eigenvalue weighted by Gasteiger charge is 2.25. The van der Waals surface area contributed by atoms with E-state index in [2.05, 4.69) is 15.4 Å². The smallest absolute Gasteiger partial charge is 0.279 e. The van der Waals surface area contributed by atoms with Crippen molar-refractivity contribution in [2.45, 2.75) is 6.92 Å². The van der Waals surface area contributed by atoms with E-state index in [0.29, 0.717) is 26.3 Å². The number of amides is 1. The molecule has 1 amide bonds. The molecule has 2 aromatic heterocycles. The predicted molar refractivity (Wildman–Crippen MR) is 119 cm³/mol. The molecule has 0 saturated carbocycles. The Bertz CT molecular complexity index is 1430. The van der Waals surface area contributed by atoms with Crippen molar-refractivity contribution in [1.82, 2.24) is 14.6 Å². The van der Waals surface area contributed by atoms with Gasteiger partial charge >= 0.3 is 0 Å². The molecule has 2 heterocycles. The summed E-state index contributed by atoms with van der Waals surface area (Å²) in [7, 11) is 0. The summed E-state index contributed by atoms with van der Waals surface area (Å²) in [5.74, 6) is -0.902. The monoisotopic (exact) mass is 492 g/mol. The number of non-ortho nitro benzene ring substituents is 1. The summed E-state index contributed by atoms with van der Waals surface area (Å²) in [5.41, 5.74) is -0.108. The van der Waals surface area contributed by atoms with Crippen LogP contribution in [0.1, 0.15) is 15.9 Å². The maximum Gasteiger partial charge on any atom is 0.279 e. The SMILES string of the molecule is Cc1c(C(=O)Nc2nc3scc(-c4ccc(Cl)cc4Cl)n3n2)cc([N+](=O)[O-])cc1[N+](=O)[O-]. The van der Waals surface area contributed by atoms with Crippen LogP contribution in [0.2, 0.25) is 10.0 Å². The van der Waals surface area contributed by atoms with E-state index in [1.807, 2.05) is 0 Å². The lowest BCUT2D eigenvalue weighted by atomic mass is 10.0. The van der Waals surface area contributed by atoms with Gasteiger partial charge in [0.15, 0.2) is 0 Å². The molecule has 0 radical (unpaired) electrons. The highest BCUT2D eigenvalue weighted by molar-refractivity contribution is 7.15. The van der Waals surface area contributed by atoms with E-state index in [9.17, 15) is 25.0 Å². The molecule has 0 saturated heterocycles. The standard InChI is InChI=1S/C18H10Cl2N6O5S/c1-8-12(5-10(25(28)29)6-14(8)26(30)31)16(27)21-17-22-18-24(23-17)15(7-32-18)11-3-2-9(19)4-13(11)20/h2-7H,1H3,(H,21,23,27). The van der Waals surface area contributed by atoms with Crippen LogP contribution in [0.3, 0.4) is 0 Å². The molecule has 0 bridgehead atoms. The molecule has 32 heavy (non-hydrogen) atoms. The van der Waals surface area contributed by atoms with Gasteiger partial charge < -0.3 is 0 Å². The van der Waals surface area contributed by atoms with E-state index >= 15 is 0 Å². The molecule has 4 aromatic rings. The van der Waals surface area contributed by atoms with Gasteiger partial charge in [0.1, 0.15) is 0 Å². The number of benzene rings is 2. The fourth-order valence-corrected chi connectivity index (χ4v) is 4.33. The number of hydrogen-bond donors (Lipinski definition) is 1. The Labute approximate surface area is 192 Å². The summed E-state index contributed by atoms with van der Waals surface area (Å²) in [5, 5.41) is 31.7. The van der Waals surface area contributed by atoms with E-state index in [0.717, 1.165) is 12.1 Å². The second kappa shape index (κ2) is 8.15. The van der Waals surface area contributed by atoms with Gasteiger partial charge in [0.25, 0.3) is 23.2 Å². The second-order valence-electron chi connectivity index (χ2n) is 6.48. The number of nitrogens with zero attached hydrogens (tertiary/aromatic N) is 5. The summed E-state index contributed by atoms with van der Waals surface area (Å²) in [6, 6.07) is 6.75. The van der Waals surface area contributed by atoms with E-state index in [1.165, 1.54) is 22.8 Å². The number of aromatic nitrogens is 3. The fraction of sp³-hybridized carbons (Fsp3) is 0.0556. The molecular weight excluding hydrogens is 483 g/mol. The third-order valence-electron chi connectivity index (χ3n) is 4.53. The summed E-state index contributed by atoms with van der Waals surface area (Å²) in [4.78, 5) is 38.2. The minimum atomic E-state index is -0.821. The minimum Gasteiger partial charge on any atom is -0.289 e. The van der Waals surface area contributed by atoms with Crippen LogP contribution in [-0.4, -0.2) is 30.4 Å². The average Bonchev–Trinajstić information content (AvgIpc) is 3.28. The number of halogens is 2. The Kier molecular flexibility index (Phi) is 5.50. The number of nitrogens with one attached hydrogen (secondary N) is 1. The Morgan fingerprint density at radius 3 is 2.56 bits per heavy atom. The maximum absolute atomic E-state index is 12.8. The van der Waals surface area contributed by atoms with Gasteiger partial charge in [-0.3, -0.25) is 30.3 Å². The third-order valence-corrected chi connectivity index (χ3v) is 5.90. The number of thiazole rings is 1. The molecule has 0 fully saturated rings. The second-order valence-corrected chi connectivity index (χ2v) is 8.16. The van der Waals surface area contributed by atoms with Crippen LogP contribution in [0, 0.1) is 27.2 Å². The van der Waals surface area contributed by atoms with Crippen molar-refractivity contribution in [2.75, 3.05) is 5.32 Å². The van der Waals surface area contributed by atoms with Gasteiger partial charge in [-0.25, -0.2) is 4.52 Å². The lowest BCUT2D eigenvalue weighted by Gasteiger charge is -2.06. The summed E-state index contributed by atoms with van der Waals surface area (Å²) >= 11 is 13.5. The molecule has 14 heteroatoms. The first-order valence-corrected chi connectivity index (χ1v) is 10.3. The summed E-state index contributed by atoms with van der Waals surface area (Å²) in [6.07, 6.45) is 0. The first-order valence-electron chi connectivity index (χ1n) is 8.70. The molecule has 4 rings (SSSR count). The zero-order valence-corrected chi connectivity index (χ0v) is 18.2. The third kappa shape index (κ3) is 3.86. The number of anilines is 1. The van der Waals surface area contributed by atoms with Gasteiger partial charge in [-0.1, -0.05) is 23.2 Å². The van der Waals surface area contributed by atoms with Crippen LogP contribution >= 0.6 is 34.5 Å². The Morgan fingerprint density at radius 2 is 1.91 bits per heavy atom. The molecule has 1 N–H and O–H groups in total. The highest BCUT2D eigenvalue weighted by Crippen LogP contribution is 2.33. The molecule has 162 valence electrons. The van der Waals surface area contributed by atoms with E-state index in [-0.39, 0.29) is 17.1 Å². The fourth-order valence-electron chi connectivity index (χ4n) is 3.00.